The van der Waals surface area contributed by atoms with Crippen LogP contribution in [0, 0.1) is 5.92 Å². The van der Waals surface area contributed by atoms with Crippen LogP contribution in [0.5, 0.6) is 0 Å². The second-order valence-electron chi connectivity index (χ2n) is 6.61. The number of aromatic nitrogens is 1. The third kappa shape index (κ3) is 3.07. The molecular weight excluding hydrogens is 306 g/mol. The van der Waals surface area contributed by atoms with Crippen molar-refractivity contribution in [1.29, 1.82) is 0 Å². The van der Waals surface area contributed by atoms with E-state index in [-0.39, 0.29) is 5.92 Å². The number of nitrogens with zero attached hydrogens (tertiary/aromatic N) is 3. The first-order valence-electron chi connectivity index (χ1n) is 8.70. The molecule has 2 aromatic rings. The van der Waals surface area contributed by atoms with Crippen molar-refractivity contribution in [3.05, 3.63) is 24.3 Å². The minimum Gasteiger partial charge on any atom is -0.348 e. The number of hydrogen-bond donors (Lipinski definition) is 0. The average molecular weight is 329 g/mol. The summed E-state index contributed by atoms with van der Waals surface area (Å²) in [6, 6.07) is 8.30. The van der Waals surface area contributed by atoms with Gasteiger partial charge in [-0.1, -0.05) is 23.5 Å². The fraction of sp³-hybridized carbons (Fsp3) is 0.556. The van der Waals surface area contributed by atoms with Gasteiger partial charge >= 0.3 is 0 Å². The summed E-state index contributed by atoms with van der Waals surface area (Å²) in [5, 5.41) is 1.11. The third-order valence-electron chi connectivity index (χ3n) is 5.07. The smallest absolute Gasteiger partial charge is 0.225 e. The molecule has 2 saturated heterocycles. The summed E-state index contributed by atoms with van der Waals surface area (Å²) in [4.78, 5) is 21.8. The van der Waals surface area contributed by atoms with E-state index in [0.29, 0.717) is 5.91 Å². The Bertz CT molecular complexity index is 651. The molecule has 0 radical (unpaired) electrons. The van der Waals surface area contributed by atoms with Gasteiger partial charge in [-0.15, -0.1) is 0 Å². The zero-order valence-electron chi connectivity index (χ0n) is 13.4. The van der Waals surface area contributed by atoms with E-state index in [1.807, 2.05) is 6.07 Å². The number of likely N-dealkylation sites (tertiary alicyclic amines) is 1. The van der Waals surface area contributed by atoms with Gasteiger partial charge in [0.05, 0.1) is 10.2 Å². The molecule has 2 aliphatic heterocycles. The van der Waals surface area contributed by atoms with Crippen molar-refractivity contribution < 1.29 is 4.79 Å². The predicted octanol–water partition coefficient (Wildman–Crippen LogP) is 3.53. The average Bonchev–Trinajstić information content (AvgIpc) is 3.06. The highest BCUT2D eigenvalue weighted by Gasteiger charge is 2.30. The zero-order chi connectivity index (χ0) is 15.6. The van der Waals surface area contributed by atoms with E-state index >= 15 is 0 Å². The van der Waals surface area contributed by atoms with Crippen LogP contribution < -0.4 is 4.90 Å². The number of amides is 1. The number of fused-ring (bicyclic) bond motifs is 1. The van der Waals surface area contributed by atoms with Crippen LogP contribution in [0.4, 0.5) is 5.13 Å². The Hall–Kier alpha value is -1.62. The van der Waals surface area contributed by atoms with Gasteiger partial charge in [-0.25, -0.2) is 4.98 Å². The van der Waals surface area contributed by atoms with E-state index in [4.69, 9.17) is 4.98 Å². The number of hydrogen-bond acceptors (Lipinski definition) is 4. The lowest BCUT2D eigenvalue weighted by atomic mass is 9.94. The Morgan fingerprint density at radius 3 is 2.52 bits per heavy atom. The number of piperidine rings is 2. The third-order valence-corrected chi connectivity index (χ3v) is 6.16. The summed E-state index contributed by atoms with van der Waals surface area (Å²) in [6.45, 7) is 3.84. The van der Waals surface area contributed by atoms with Crippen LogP contribution in [0.15, 0.2) is 24.3 Å². The Balaban J connectivity index is 1.39. The molecule has 23 heavy (non-hydrogen) atoms. The van der Waals surface area contributed by atoms with E-state index in [9.17, 15) is 4.79 Å². The second-order valence-corrected chi connectivity index (χ2v) is 7.62. The summed E-state index contributed by atoms with van der Waals surface area (Å²) in [5.41, 5.74) is 1.08. The molecule has 0 spiro atoms. The number of benzene rings is 1. The first-order chi connectivity index (χ1) is 11.3. The number of anilines is 1. The normalized spacial score (nSPS) is 20.2. The molecule has 0 atom stereocenters. The lowest BCUT2D eigenvalue weighted by Crippen LogP contribution is -2.44. The van der Waals surface area contributed by atoms with Crippen LogP contribution in [-0.2, 0) is 4.79 Å². The molecule has 0 aliphatic carbocycles. The minimum atomic E-state index is 0.221. The van der Waals surface area contributed by atoms with Crippen LogP contribution in [0.25, 0.3) is 10.2 Å². The van der Waals surface area contributed by atoms with Crippen molar-refractivity contribution in [3.8, 4) is 0 Å². The molecule has 2 fully saturated rings. The first-order valence-corrected chi connectivity index (χ1v) is 9.52. The molecule has 4 rings (SSSR count). The van der Waals surface area contributed by atoms with Crippen molar-refractivity contribution in [2.45, 2.75) is 32.1 Å². The number of carbonyl (C=O) groups excluding carboxylic acids is 1. The highest BCUT2D eigenvalue weighted by atomic mass is 32.1. The Morgan fingerprint density at radius 2 is 1.78 bits per heavy atom. The molecule has 5 heteroatoms. The van der Waals surface area contributed by atoms with Crippen molar-refractivity contribution in [3.63, 3.8) is 0 Å². The van der Waals surface area contributed by atoms with Gasteiger partial charge < -0.3 is 9.80 Å². The molecule has 1 aromatic heterocycles. The van der Waals surface area contributed by atoms with Crippen LogP contribution in [0.1, 0.15) is 32.1 Å². The lowest BCUT2D eigenvalue weighted by molar-refractivity contribution is -0.137. The van der Waals surface area contributed by atoms with Gasteiger partial charge in [0, 0.05) is 32.1 Å². The number of thiazole rings is 1. The van der Waals surface area contributed by atoms with E-state index in [2.05, 4.69) is 28.0 Å². The molecule has 0 saturated carbocycles. The fourth-order valence-corrected chi connectivity index (χ4v) is 4.70. The van der Waals surface area contributed by atoms with E-state index in [0.717, 1.165) is 49.7 Å². The van der Waals surface area contributed by atoms with Crippen molar-refractivity contribution in [2.75, 3.05) is 31.1 Å². The number of rotatable bonds is 2. The van der Waals surface area contributed by atoms with Crippen molar-refractivity contribution >= 4 is 32.6 Å². The first kappa shape index (κ1) is 14.9. The summed E-state index contributed by atoms with van der Waals surface area (Å²) in [6.07, 6.45) is 5.56. The van der Waals surface area contributed by atoms with Crippen molar-refractivity contribution in [1.82, 2.24) is 9.88 Å². The van der Waals surface area contributed by atoms with Gasteiger partial charge in [-0.2, -0.15) is 0 Å². The van der Waals surface area contributed by atoms with Crippen LogP contribution in [0.3, 0.4) is 0 Å². The van der Waals surface area contributed by atoms with E-state index < -0.39 is 0 Å². The van der Waals surface area contributed by atoms with E-state index in [1.54, 1.807) is 11.3 Å². The largest absolute Gasteiger partial charge is 0.348 e. The quantitative estimate of drug-likeness (QED) is 0.846. The molecule has 0 bridgehead atoms. The van der Waals surface area contributed by atoms with Gasteiger partial charge in [-0.3, -0.25) is 4.79 Å². The number of carbonyl (C=O) groups is 1. The molecule has 0 unspecified atom stereocenters. The SMILES string of the molecule is O=C(C1CCN(c2nc3ccccc3s2)CC1)N1CCCCC1. The van der Waals surface area contributed by atoms with Crippen LogP contribution >= 0.6 is 11.3 Å². The Kier molecular flexibility index (Phi) is 4.21. The molecule has 4 nitrogen and oxygen atoms in total. The van der Waals surface area contributed by atoms with E-state index in [1.165, 1.54) is 24.0 Å². The molecule has 122 valence electrons. The number of para-hydroxylation sites is 1. The molecule has 1 aromatic carbocycles. The molecular formula is C18H23N3OS. The topological polar surface area (TPSA) is 36.4 Å². The Morgan fingerprint density at radius 1 is 1.04 bits per heavy atom. The van der Waals surface area contributed by atoms with Crippen molar-refractivity contribution in [2.24, 2.45) is 5.92 Å². The minimum absolute atomic E-state index is 0.221. The van der Waals surface area contributed by atoms with Gasteiger partial charge in [0.25, 0.3) is 0 Å². The zero-order valence-corrected chi connectivity index (χ0v) is 14.2. The molecule has 0 N–H and O–H groups in total. The van der Waals surface area contributed by atoms with Gasteiger partial charge in [0.2, 0.25) is 5.91 Å². The molecule has 3 heterocycles. The summed E-state index contributed by atoms with van der Waals surface area (Å²) in [7, 11) is 0. The maximum absolute atomic E-state index is 12.6. The summed E-state index contributed by atoms with van der Waals surface area (Å²) >= 11 is 1.76. The van der Waals surface area contributed by atoms with Crippen LogP contribution in [-0.4, -0.2) is 42.0 Å². The highest BCUT2D eigenvalue weighted by Crippen LogP contribution is 2.32. The Labute approximate surface area is 141 Å². The van der Waals surface area contributed by atoms with Crippen LogP contribution in [0.2, 0.25) is 0 Å². The van der Waals surface area contributed by atoms with Gasteiger partial charge in [0.15, 0.2) is 5.13 Å². The maximum atomic E-state index is 12.6. The fourth-order valence-electron chi connectivity index (χ4n) is 3.69. The second kappa shape index (κ2) is 6.48. The maximum Gasteiger partial charge on any atom is 0.225 e. The lowest BCUT2D eigenvalue weighted by Gasteiger charge is -2.35. The standard InChI is InChI=1S/C18H23N3OS/c22-17(20-10-4-1-5-11-20)14-8-12-21(13-9-14)18-19-15-6-2-3-7-16(15)23-18/h2-3,6-7,14H,1,4-5,8-13H2. The van der Waals surface area contributed by atoms with Gasteiger partial charge in [0.1, 0.15) is 0 Å². The molecule has 2 aliphatic rings. The monoisotopic (exact) mass is 329 g/mol. The molecule has 1 amide bonds. The summed E-state index contributed by atoms with van der Waals surface area (Å²) in [5.74, 6) is 0.618. The highest BCUT2D eigenvalue weighted by molar-refractivity contribution is 7.22. The van der Waals surface area contributed by atoms with Gasteiger partial charge in [-0.05, 0) is 44.2 Å². The predicted molar refractivity (Wildman–Crippen MR) is 95.0 cm³/mol. The summed E-state index contributed by atoms with van der Waals surface area (Å²) < 4.78 is 1.24.